The average Bonchev–Trinajstić information content (AvgIpc) is 3.08. The Morgan fingerprint density at radius 3 is 2.74 bits per heavy atom. The molecule has 3 heterocycles. The number of guanidine groups is 1. The molecule has 3 rings (SSSR count). The maximum Gasteiger partial charge on any atom is 0.190 e. The zero-order valence-corrected chi connectivity index (χ0v) is 18.9. The van der Waals surface area contributed by atoms with Crippen molar-refractivity contribution in [2.24, 2.45) is 10.9 Å². The highest BCUT2D eigenvalue weighted by molar-refractivity contribution is 14.0. The summed E-state index contributed by atoms with van der Waals surface area (Å²) in [6, 6.07) is 6.06. The molecule has 0 bridgehead atoms. The minimum atomic E-state index is 0. The van der Waals surface area contributed by atoms with Crippen LogP contribution in [0.5, 0.6) is 0 Å². The summed E-state index contributed by atoms with van der Waals surface area (Å²) >= 11 is 0. The van der Waals surface area contributed by atoms with E-state index in [1.54, 1.807) is 0 Å². The van der Waals surface area contributed by atoms with Crippen molar-refractivity contribution in [2.45, 2.75) is 32.6 Å². The third-order valence-electron chi connectivity index (χ3n) is 5.13. The molecule has 6 nitrogen and oxygen atoms in total. The van der Waals surface area contributed by atoms with Crippen LogP contribution in [0.25, 0.3) is 5.65 Å². The van der Waals surface area contributed by atoms with Gasteiger partial charge in [0.05, 0.1) is 5.69 Å². The lowest BCUT2D eigenvalue weighted by Crippen LogP contribution is -2.40. The normalized spacial score (nSPS) is 16.3. The predicted octanol–water partition coefficient (Wildman–Crippen LogP) is 2.78. The number of likely N-dealkylation sites (tertiary alicyclic amines) is 1. The van der Waals surface area contributed by atoms with E-state index in [4.69, 9.17) is 0 Å². The van der Waals surface area contributed by atoms with E-state index in [9.17, 15) is 0 Å². The van der Waals surface area contributed by atoms with Gasteiger partial charge in [-0.3, -0.25) is 4.99 Å². The molecule has 0 aromatic carbocycles. The van der Waals surface area contributed by atoms with Gasteiger partial charge >= 0.3 is 0 Å². The molecule has 1 aliphatic heterocycles. The molecule has 0 radical (unpaired) electrons. The van der Waals surface area contributed by atoms with Gasteiger partial charge in [-0.05, 0) is 56.9 Å². The van der Waals surface area contributed by atoms with Gasteiger partial charge in [-0.25, -0.2) is 4.98 Å². The van der Waals surface area contributed by atoms with E-state index in [1.807, 2.05) is 31.4 Å². The Balaban J connectivity index is 0.00000261. The fourth-order valence-corrected chi connectivity index (χ4v) is 3.43. The number of aliphatic imine (C=N–C) groups is 1. The van der Waals surface area contributed by atoms with Crippen LogP contribution in [-0.4, -0.2) is 60.0 Å². The van der Waals surface area contributed by atoms with Crippen molar-refractivity contribution in [3.05, 3.63) is 36.3 Å². The van der Waals surface area contributed by atoms with Crippen LogP contribution in [0.15, 0.2) is 35.6 Å². The van der Waals surface area contributed by atoms with Gasteiger partial charge in [0.2, 0.25) is 0 Å². The van der Waals surface area contributed by atoms with E-state index in [-0.39, 0.29) is 24.0 Å². The number of halogens is 1. The highest BCUT2D eigenvalue weighted by Gasteiger charge is 2.14. The maximum absolute atomic E-state index is 4.63. The second-order valence-electron chi connectivity index (χ2n) is 7.25. The first kappa shape index (κ1) is 21.9. The molecule has 1 aliphatic rings. The SMILES string of the molecule is CN=C(NCCCN1CCC(C)CC1)NCCc1cn2ccccc2n1.I. The number of hydrogen-bond acceptors (Lipinski definition) is 3. The molecule has 2 N–H and O–H groups in total. The number of piperidine rings is 1. The maximum atomic E-state index is 4.63. The van der Waals surface area contributed by atoms with E-state index in [0.29, 0.717) is 0 Å². The van der Waals surface area contributed by atoms with Crippen molar-refractivity contribution >= 4 is 35.6 Å². The van der Waals surface area contributed by atoms with Gasteiger partial charge in [-0.2, -0.15) is 0 Å². The topological polar surface area (TPSA) is 57.0 Å². The largest absolute Gasteiger partial charge is 0.356 e. The van der Waals surface area contributed by atoms with Crippen LogP contribution in [0.1, 0.15) is 31.9 Å². The van der Waals surface area contributed by atoms with Gasteiger partial charge < -0.3 is 19.9 Å². The monoisotopic (exact) mass is 484 g/mol. The molecule has 27 heavy (non-hydrogen) atoms. The molecule has 7 heteroatoms. The summed E-state index contributed by atoms with van der Waals surface area (Å²) in [4.78, 5) is 11.5. The quantitative estimate of drug-likeness (QED) is 0.275. The highest BCUT2D eigenvalue weighted by atomic mass is 127. The van der Waals surface area contributed by atoms with Crippen molar-refractivity contribution in [2.75, 3.05) is 39.8 Å². The zero-order chi connectivity index (χ0) is 18.2. The Labute approximate surface area is 179 Å². The Morgan fingerprint density at radius 2 is 2.00 bits per heavy atom. The standard InChI is InChI=1S/C20H32N6.HI/c1-17-8-14-25(15-9-17)12-5-10-22-20(21-2)23-11-7-18-16-26-13-4-3-6-19(26)24-18;/h3-4,6,13,16-17H,5,7-12,14-15H2,1-2H3,(H2,21,22,23);1H. The van der Waals surface area contributed by atoms with Crippen LogP contribution in [0, 0.1) is 5.92 Å². The minimum Gasteiger partial charge on any atom is -0.356 e. The second-order valence-corrected chi connectivity index (χ2v) is 7.25. The molecular formula is C20H33IN6. The molecule has 0 atom stereocenters. The first-order valence-electron chi connectivity index (χ1n) is 9.84. The molecule has 0 saturated carbocycles. The number of fused-ring (bicyclic) bond motifs is 1. The first-order valence-corrected chi connectivity index (χ1v) is 9.84. The number of aromatic nitrogens is 2. The van der Waals surface area contributed by atoms with Gasteiger partial charge in [0, 0.05) is 39.0 Å². The number of hydrogen-bond donors (Lipinski definition) is 2. The van der Waals surface area contributed by atoms with Crippen LogP contribution < -0.4 is 10.6 Å². The number of nitrogens with zero attached hydrogens (tertiary/aromatic N) is 4. The number of nitrogens with one attached hydrogen (secondary N) is 2. The summed E-state index contributed by atoms with van der Waals surface area (Å²) < 4.78 is 2.06. The Hall–Kier alpha value is -1.35. The van der Waals surface area contributed by atoms with Gasteiger partial charge in [0.1, 0.15) is 5.65 Å². The van der Waals surface area contributed by atoms with Crippen molar-refractivity contribution in [1.29, 1.82) is 0 Å². The number of rotatable bonds is 7. The van der Waals surface area contributed by atoms with E-state index >= 15 is 0 Å². The smallest absolute Gasteiger partial charge is 0.190 e. The van der Waals surface area contributed by atoms with Crippen LogP contribution in [0.3, 0.4) is 0 Å². The fourth-order valence-electron chi connectivity index (χ4n) is 3.43. The lowest BCUT2D eigenvalue weighted by atomic mass is 9.99. The van der Waals surface area contributed by atoms with Gasteiger partial charge in [0.25, 0.3) is 0 Å². The lowest BCUT2D eigenvalue weighted by molar-refractivity contribution is 0.191. The highest BCUT2D eigenvalue weighted by Crippen LogP contribution is 2.15. The summed E-state index contributed by atoms with van der Waals surface area (Å²) in [6.07, 6.45) is 8.85. The molecular weight excluding hydrogens is 451 g/mol. The third kappa shape index (κ3) is 6.95. The van der Waals surface area contributed by atoms with E-state index in [2.05, 4.69) is 43.0 Å². The molecule has 0 unspecified atom stereocenters. The van der Waals surface area contributed by atoms with Crippen LogP contribution >= 0.6 is 24.0 Å². The molecule has 0 amide bonds. The molecule has 0 aliphatic carbocycles. The van der Waals surface area contributed by atoms with Gasteiger partial charge in [-0.15, -0.1) is 24.0 Å². The molecule has 150 valence electrons. The van der Waals surface area contributed by atoms with Crippen molar-refractivity contribution in [1.82, 2.24) is 24.9 Å². The Kier molecular flexibility index (Phi) is 9.33. The zero-order valence-electron chi connectivity index (χ0n) is 16.5. The van der Waals surface area contributed by atoms with Crippen LogP contribution in [0.2, 0.25) is 0 Å². The minimum absolute atomic E-state index is 0. The van der Waals surface area contributed by atoms with E-state index in [1.165, 1.54) is 32.5 Å². The summed E-state index contributed by atoms with van der Waals surface area (Å²) in [7, 11) is 1.83. The average molecular weight is 484 g/mol. The number of pyridine rings is 1. The lowest BCUT2D eigenvalue weighted by Gasteiger charge is -2.30. The Morgan fingerprint density at radius 1 is 1.22 bits per heavy atom. The predicted molar refractivity (Wildman–Crippen MR) is 123 cm³/mol. The Bertz CT molecular complexity index is 672. The number of imidazole rings is 1. The molecule has 2 aromatic heterocycles. The molecule has 0 spiro atoms. The third-order valence-corrected chi connectivity index (χ3v) is 5.13. The summed E-state index contributed by atoms with van der Waals surface area (Å²) in [5.74, 6) is 1.78. The molecule has 1 saturated heterocycles. The van der Waals surface area contributed by atoms with Crippen LogP contribution in [0.4, 0.5) is 0 Å². The fraction of sp³-hybridized carbons (Fsp3) is 0.600. The van der Waals surface area contributed by atoms with Gasteiger partial charge in [0.15, 0.2) is 5.96 Å². The van der Waals surface area contributed by atoms with Crippen LogP contribution in [-0.2, 0) is 6.42 Å². The van der Waals surface area contributed by atoms with Crippen molar-refractivity contribution in [3.8, 4) is 0 Å². The summed E-state index contributed by atoms with van der Waals surface area (Å²) in [5.41, 5.74) is 2.09. The first-order chi connectivity index (χ1) is 12.7. The summed E-state index contributed by atoms with van der Waals surface area (Å²) in [5, 5.41) is 6.80. The van der Waals surface area contributed by atoms with Gasteiger partial charge in [-0.1, -0.05) is 13.0 Å². The van der Waals surface area contributed by atoms with Crippen molar-refractivity contribution < 1.29 is 0 Å². The summed E-state index contributed by atoms with van der Waals surface area (Å²) in [6.45, 7) is 7.84. The second kappa shape index (κ2) is 11.5. The van der Waals surface area contributed by atoms with Crippen molar-refractivity contribution in [3.63, 3.8) is 0 Å². The molecule has 2 aromatic rings. The van der Waals surface area contributed by atoms with E-state index in [0.717, 1.165) is 49.1 Å². The molecule has 1 fully saturated rings. The van der Waals surface area contributed by atoms with E-state index < -0.39 is 0 Å².